The number of para-hydroxylation sites is 2. The van der Waals surface area contributed by atoms with Gasteiger partial charge in [-0.2, -0.15) is 0 Å². The third-order valence-electron chi connectivity index (χ3n) is 14.2. The number of nitrogens with zero attached hydrogens (tertiary/aromatic N) is 2. The fraction of sp³-hybridized carbons (Fsp3) is 0.0517. The van der Waals surface area contributed by atoms with Crippen LogP contribution in [0.15, 0.2) is 187 Å². The molecule has 3 heterocycles. The van der Waals surface area contributed by atoms with Crippen molar-refractivity contribution in [1.82, 2.24) is 8.97 Å². The van der Waals surface area contributed by atoms with Crippen LogP contribution in [0.3, 0.4) is 0 Å². The summed E-state index contributed by atoms with van der Waals surface area (Å²) in [5, 5.41) is 15.0. The van der Waals surface area contributed by atoms with Gasteiger partial charge in [0, 0.05) is 49.0 Å². The van der Waals surface area contributed by atoms with Crippen molar-refractivity contribution in [3.63, 3.8) is 0 Å². The van der Waals surface area contributed by atoms with E-state index in [1.54, 1.807) is 0 Å². The summed E-state index contributed by atoms with van der Waals surface area (Å²) >= 11 is 0. The molecule has 0 bridgehead atoms. The Hall–Kier alpha value is -7.75. The maximum absolute atomic E-state index is 14.1. The lowest BCUT2D eigenvalue weighted by Crippen LogP contribution is -2.14. The SMILES string of the molecule is CC1(C)c2ccccc2-c2c1ccc1c3ccccc3n(-c3ccc4c5ccccc5c5ccc(-c6ccc7c(c6)c6cccc8c9ccccc9c(=O)n7c86)cc5c4c3)c21. The second-order valence-electron chi connectivity index (χ2n) is 17.6. The highest BCUT2D eigenvalue weighted by atomic mass is 16.1. The van der Waals surface area contributed by atoms with E-state index in [1.807, 2.05) is 22.6 Å². The predicted octanol–water partition coefficient (Wildman–Crippen LogP) is 14.7. The van der Waals surface area contributed by atoms with Crippen molar-refractivity contribution in [3.05, 3.63) is 203 Å². The monoisotopic (exact) mass is 776 g/mol. The Morgan fingerprint density at radius 1 is 0.377 bits per heavy atom. The molecule has 3 heteroatoms. The van der Waals surface area contributed by atoms with Gasteiger partial charge in [-0.25, -0.2) is 0 Å². The van der Waals surface area contributed by atoms with Gasteiger partial charge in [0.15, 0.2) is 0 Å². The minimum absolute atomic E-state index is 0.0306. The smallest absolute Gasteiger partial charge is 0.263 e. The highest BCUT2D eigenvalue weighted by Crippen LogP contribution is 2.53. The summed E-state index contributed by atoms with van der Waals surface area (Å²) in [7, 11) is 0. The van der Waals surface area contributed by atoms with E-state index in [2.05, 4.69) is 182 Å². The summed E-state index contributed by atoms with van der Waals surface area (Å²) in [6.45, 7) is 4.73. The number of fused-ring (bicyclic) bond motifs is 18. The van der Waals surface area contributed by atoms with Gasteiger partial charge in [-0.3, -0.25) is 9.20 Å². The van der Waals surface area contributed by atoms with E-state index in [1.165, 1.54) is 76.4 Å². The fourth-order valence-corrected chi connectivity index (χ4v) is 11.5. The summed E-state index contributed by atoms with van der Waals surface area (Å²) < 4.78 is 4.45. The Morgan fingerprint density at radius 2 is 0.918 bits per heavy atom. The molecule has 0 saturated heterocycles. The Balaban J connectivity index is 1.05. The average Bonchev–Trinajstić information content (AvgIpc) is 3.91. The largest absolute Gasteiger partial charge is 0.309 e. The number of aromatic nitrogens is 2. The quantitative estimate of drug-likeness (QED) is 0.161. The molecule has 10 aromatic carbocycles. The Kier molecular flexibility index (Phi) is 6.24. The van der Waals surface area contributed by atoms with Crippen molar-refractivity contribution in [3.8, 4) is 27.9 Å². The average molecular weight is 777 g/mol. The molecule has 3 nitrogen and oxygen atoms in total. The van der Waals surface area contributed by atoms with Gasteiger partial charge in [0.05, 0.1) is 22.1 Å². The molecule has 0 fully saturated rings. The molecule has 284 valence electrons. The number of hydrogen-bond acceptors (Lipinski definition) is 1. The molecule has 0 amide bonds. The molecule has 0 radical (unpaired) electrons. The van der Waals surface area contributed by atoms with E-state index in [9.17, 15) is 4.79 Å². The van der Waals surface area contributed by atoms with Crippen LogP contribution in [0.4, 0.5) is 0 Å². The van der Waals surface area contributed by atoms with Crippen molar-refractivity contribution in [2.75, 3.05) is 0 Å². The fourth-order valence-electron chi connectivity index (χ4n) is 11.5. The normalized spacial score (nSPS) is 13.6. The summed E-state index contributed by atoms with van der Waals surface area (Å²) in [5.74, 6) is 0. The van der Waals surface area contributed by atoms with Gasteiger partial charge in [-0.1, -0.05) is 153 Å². The van der Waals surface area contributed by atoms with Crippen molar-refractivity contribution >= 4 is 92.1 Å². The molecule has 0 aliphatic heterocycles. The number of hydrogen-bond donors (Lipinski definition) is 0. The Bertz CT molecular complexity index is 4160. The molecule has 0 unspecified atom stereocenters. The first-order valence-electron chi connectivity index (χ1n) is 21.2. The summed E-state index contributed by atoms with van der Waals surface area (Å²) in [6, 6.07) is 66.5. The molecule has 3 aromatic heterocycles. The molecular formula is C58H36N2O. The van der Waals surface area contributed by atoms with Crippen LogP contribution in [0.25, 0.3) is 120 Å². The van der Waals surface area contributed by atoms with E-state index in [-0.39, 0.29) is 11.0 Å². The Morgan fingerprint density at radius 3 is 1.70 bits per heavy atom. The van der Waals surface area contributed by atoms with Gasteiger partial charge in [-0.15, -0.1) is 0 Å². The molecule has 1 aliphatic rings. The molecule has 0 N–H and O–H groups in total. The lowest BCUT2D eigenvalue weighted by molar-refractivity contribution is 0.661. The molecule has 1 aliphatic carbocycles. The lowest BCUT2D eigenvalue weighted by Gasteiger charge is -2.21. The van der Waals surface area contributed by atoms with Crippen LogP contribution in [-0.4, -0.2) is 8.97 Å². The second-order valence-corrected chi connectivity index (χ2v) is 17.6. The molecule has 61 heavy (non-hydrogen) atoms. The zero-order chi connectivity index (χ0) is 40.3. The van der Waals surface area contributed by atoms with Crippen LogP contribution in [0, 0.1) is 0 Å². The van der Waals surface area contributed by atoms with E-state index < -0.39 is 0 Å². The van der Waals surface area contributed by atoms with Gasteiger partial charge >= 0.3 is 0 Å². The van der Waals surface area contributed by atoms with Crippen molar-refractivity contribution in [2.24, 2.45) is 0 Å². The third-order valence-corrected chi connectivity index (χ3v) is 14.2. The van der Waals surface area contributed by atoms with E-state index >= 15 is 0 Å². The van der Waals surface area contributed by atoms with Gasteiger partial charge < -0.3 is 4.57 Å². The maximum atomic E-state index is 14.1. The number of benzene rings is 10. The molecular weight excluding hydrogens is 741 g/mol. The van der Waals surface area contributed by atoms with Crippen molar-refractivity contribution < 1.29 is 0 Å². The van der Waals surface area contributed by atoms with Crippen LogP contribution in [0.5, 0.6) is 0 Å². The minimum Gasteiger partial charge on any atom is -0.309 e. The van der Waals surface area contributed by atoms with Gasteiger partial charge in [0.1, 0.15) is 0 Å². The lowest BCUT2D eigenvalue weighted by atomic mass is 9.82. The highest BCUT2D eigenvalue weighted by molar-refractivity contribution is 6.27. The van der Waals surface area contributed by atoms with Gasteiger partial charge in [0.2, 0.25) is 0 Å². The predicted molar refractivity (Wildman–Crippen MR) is 257 cm³/mol. The molecule has 0 spiro atoms. The molecule has 0 saturated carbocycles. The first kappa shape index (κ1) is 33.1. The minimum atomic E-state index is -0.104. The van der Waals surface area contributed by atoms with Crippen LogP contribution in [0.2, 0.25) is 0 Å². The second kappa shape index (κ2) is 11.5. The van der Waals surface area contributed by atoms with Gasteiger partial charge in [0.25, 0.3) is 5.56 Å². The van der Waals surface area contributed by atoms with Crippen LogP contribution in [-0.2, 0) is 5.41 Å². The van der Waals surface area contributed by atoms with Gasteiger partial charge in [-0.05, 0) is 108 Å². The topological polar surface area (TPSA) is 26.4 Å². The third kappa shape index (κ3) is 4.15. The number of rotatable bonds is 2. The van der Waals surface area contributed by atoms with E-state index in [4.69, 9.17) is 0 Å². The van der Waals surface area contributed by atoms with E-state index in [0.29, 0.717) is 0 Å². The number of pyridine rings is 1. The van der Waals surface area contributed by atoms with Crippen LogP contribution in [0.1, 0.15) is 25.0 Å². The zero-order valence-electron chi connectivity index (χ0n) is 33.6. The summed E-state index contributed by atoms with van der Waals surface area (Å²) in [6.07, 6.45) is 0. The zero-order valence-corrected chi connectivity index (χ0v) is 33.6. The van der Waals surface area contributed by atoms with Crippen molar-refractivity contribution in [1.29, 1.82) is 0 Å². The van der Waals surface area contributed by atoms with Crippen LogP contribution >= 0.6 is 0 Å². The molecule has 0 atom stereocenters. The van der Waals surface area contributed by atoms with Crippen molar-refractivity contribution in [2.45, 2.75) is 19.3 Å². The summed E-state index contributed by atoms with van der Waals surface area (Å²) in [5.41, 5.74) is 13.2. The summed E-state index contributed by atoms with van der Waals surface area (Å²) in [4.78, 5) is 14.1. The standard InChI is InChI=1S/C58H36N2O/c1-58(2)50-20-9-7-17-46(50)54-51(58)28-27-44-41-15-8-10-21-52(41)59(56(44)54)35-24-26-40-37-13-4-3-12-36(37)39-25-22-33(30-47(39)48(40)32-35)34-23-29-53-49(31-34)43-19-11-18-42-38-14-5-6-16-45(38)57(61)60(53)55(42)43/h3-32H,1-2H3. The first-order valence-corrected chi connectivity index (χ1v) is 21.2. The van der Waals surface area contributed by atoms with Crippen LogP contribution < -0.4 is 5.56 Å². The first-order chi connectivity index (χ1) is 30.0. The maximum Gasteiger partial charge on any atom is 0.263 e. The Labute approximate surface area is 350 Å². The van der Waals surface area contributed by atoms with E-state index in [0.717, 1.165) is 54.8 Å². The molecule has 13 aromatic rings. The molecule has 14 rings (SSSR count). The highest BCUT2D eigenvalue weighted by Gasteiger charge is 2.37.